The summed E-state index contributed by atoms with van der Waals surface area (Å²) < 4.78 is 24.4. The molecule has 1 aromatic heterocycles. The van der Waals surface area contributed by atoms with Crippen LogP contribution in [0, 0.1) is 6.92 Å². The molecule has 2 rings (SSSR count). The topological polar surface area (TPSA) is 64.0 Å². The van der Waals surface area contributed by atoms with Gasteiger partial charge in [0.1, 0.15) is 9.84 Å². The van der Waals surface area contributed by atoms with Gasteiger partial charge in [-0.1, -0.05) is 11.6 Å². The maximum Gasteiger partial charge on any atom is 0.150 e. The van der Waals surface area contributed by atoms with Gasteiger partial charge in [0.25, 0.3) is 0 Å². The summed E-state index contributed by atoms with van der Waals surface area (Å²) in [6.45, 7) is 2.50. The second-order valence-electron chi connectivity index (χ2n) is 4.78. The Hall–Kier alpha value is -0.590. The van der Waals surface area contributed by atoms with E-state index in [-0.39, 0.29) is 17.5 Å². The van der Waals surface area contributed by atoms with E-state index in [2.05, 4.69) is 10.4 Å². The van der Waals surface area contributed by atoms with E-state index in [0.717, 1.165) is 11.4 Å². The van der Waals surface area contributed by atoms with Crippen LogP contribution in [0.3, 0.4) is 0 Å². The molecule has 1 fully saturated rings. The molecule has 7 heteroatoms. The molecule has 1 aliphatic rings. The molecular formula is C11H18ClN3O2S. The Labute approximate surface area is 112 Å². The fourth-order valence-electron chi connectivity index (χ4n) is 2.21. The van der Waals surface area contributed by atoms with Crippen LogP contribution in [0.1, 0.15) is 24.2 Å². The third kappa shape index (κ3) is 3.05. The van der Waals surface area contributed by atoms with Crippen molar-refractivity contribution in [3.05, 3.63) is 16.4 Å². The lowest BCUT2D eigenvalue weighted by atomic mass is 10.1. The highest BCUT2D eigenvalue weighted by molar-refractivity contribution is 7.91. The minimum Gasteiger partial charge on any atom is -0.308 e. The second kappa shape index (κ2) is 5.19. The smallest absolute Gasteiger partial charge is 0.150 e. The number of rotatable bonds is 3. The van der Waals surface area contributed by atoms with Gasteiger partial charge >= 0.3 is 0 Å². The average Bonchev–Trinajstić information content (AvgIpc) is 2.53. The molecule has 2 heterocycles. The first-order valence-corrected chi connectivity index (χ1v) is 8.21. The zero-order valence-corrected chi connectivity index (χ0v) is 12.2. The van der Waals surface area contributed by atoms with Crippen LogP contribution in [0.5, 0.6) is 0 Å². The van der Waals surface area contributed by atoms with Crippen LogP contribution in [-0.4, -0.2) is 35.7 Å². The number of aryl methyl sites for hydroxylation is 2. The normalized spacial score (nSPS) is 20.2. The summed E-state index contributed by atoms with van der Waals surface area (Å²) in [4.78, 5) is 0. The first-order chi connectivity index (χ1) is 8.39. The van der Waals surface area contributed by atoms with E-state index in [1.807, 2.05) is 14.0 Å². The van der Waals surface area contributed by atoms with Gasteiger partial charge < -0.3 is 5.32 Å². The van der Waals surface area contributed by atoms with Gasteiger partial charge in [-0.2, -0.15) is 5.10 Å². The molecular weight excluding hydrogens is 274 g/mol. The predicted octanol–water partition coefficient (Wildman–Crippen LogP) is 1.05. The second-order valence-corrected chi connectivity index (χ2v) is 7.46. The lowest BCUT2D eigenvalue weighted by Crippen LogP contribution is -2.37. The largest absolute Gasteiger partial charge is 0.308 e. The SMILES string of the molecule is Cc1nn(C)c(CNC2CCS(=O)(=O)CC2)c1Cl. The van der Waals surface area contributed by atoms with Gasteiger partial charge in [-0.05, 0) is 19.8 Å². The number of nitrogens with one attached hydrogen (secondary N) is 1. The van der Waals surface area contributed by atoms with Crippen LogP contribution in [-0.2, 0) is 23.4 Å². The Morgan fingerprint density at radius 1 is 1.44 bits per heavy atom. The Kier molecular flexibility index (Phi) is 3.99. The zero-order chi connectivity index (χ0) is 13.3. The monoisotopic (exact) mass is 291 g/mol. The quantitative estimate of drug-likeness (QED) is 0.904. The molecule has 1 aromatic rings. The number of nitrogens with zero attached hydrogens (tertiary/aromatic N) is 2. The highest BCUT2D eigenvalue weighted by Gasteiger charge is 2.23. The summed E-state index contributed by atoms with van der Waals surface area (Å²) in [5.41, 5.74) is 1.77. The van der Waals surface area contributed by atoms with Gasteiger partial charge in [0.15, 0.2) is 0 Å². The number of aromatic nitrogens is 2. The van der Waals surface area contributed by atoms with Gasteiger partial charge in [-0.15, -0.1) is 0 Å². The van der Waals surface area contributed by atoms with E-state index in [0.29, 0.717) is 24.4 Å². The molecule has 1 saturated heterocycles. The summed E-state index contributed by atoms with van der Waals surface area (Å²) in [5, 5.41) is 8.30. The van der Waals surface area contributed by atoms with Crippen molar-refractivity contribution in [2.75, 3.05) is 11.5 Å². The molecule has 1 N–H and O–H groups in total. The molecule has 0 aromatic carbocycles. The van der Waals surface area contributed by atoms with Crippen LogP contribution in [0.2, 0.25) is 5.02 Å². The van der Waals surface area contributed by atoms with Crippen LogP contribution >= 0.6 is 11.6 Å². The lowest BCUT2D eigenvalue weighted by Gasteiger charge is -2.23. The first kappa shape index (κ1) is 13.8. The van der Waals surface area contributed by atoms with Gasteiger partial charge in [0, 0.05) is 19.6 Å². The average molecular weight is 292 g/mol. The van der Waals surface area contributed by atoms with Crippen LogP contribution in [0.15, 0.2) is 0 Å². The summed E-state index contributed by atoms with van der Waals surface area (Å²) in [5.74, 6) is 0.561. The standard InChI is InChI=1S/C11H18ClN3O2S/c1-8-11(12)10(15(2)14-8)7-13-9-3-5-18(16,17)6-4-9/h9,13H,3-7H2,1-2H3. The van der Waals surface area contributed by atoms with Crippen LogP contribution in [0.4, 0.5) is 0 Å². The Morgan fingerprint density at radius 2 is 2.06 bits per heavy atom. The lowest BCUT2D eigenvalue weighted by molar-refractivity contribution is 0.454. The van der Waals surface area contributed by atoms with Crippen molar-refractivity contribution in [1.82, 2.24) is 15.1 Å². The van der Waals surface area contributed by atoms with E-state index >= 15 is 0 Å². The third-order valence-electron chi connectivity index (χ3n) is 3.37. The molecule has 0 saturated carbocycles. The molecule has 0 aliphatic carbocycles. The molecule has 0 spiro atoms. The van der Waals surface area contributed by atoms with Crippen LogP contribution < -0.4 is 5.32 Å². The van der Waals surface area contributed by atoms with Crippen molar-refractivity contribution in [3.63, 3.8) is 0 Å². The maximum atomic E-state index is 11.3. The molecule has 1 aliphatic heterocycles. The summed E-state index contributed by atoms with van der Waals surface area (Å²) >= 11 is 6.16. The maximum absolute atomic E-state index is 11.3. The van der Waals surface area contributed by atoms with Crippen LogP contribution in [0.25, 0.3) is 0 Å². The highest BCUT2D eigenvalue weighted by atomic mass is 35.5. The Balaban J connectivity index is 1.93. The van der Waals surface area contributed by atoms with Crippen molar-refractivity contribution in [3.8, 4) is 0 Å². The number of halogens is 1. The van der Waals surface area contributed by atoms with E-state index in [4.69, 9.17) is 11.6 Å². The van der Waals surface area contributed by atoms with Crippen molar-refractivity contribution in [1.29, 1.82) is 0 Å². The van der Waals surface area contributed by atoms with Crippen molar-refractivity contribution >= 4 is 21.4 Å². The minimum atomic E-state index is -2.79. The van der Waals surface area contributed by atoms with Crippen molar-refractivity contribution in [2.24, 2.45) is 7.05 Å². The summed E-state index contributed by atoms with van der Waals surface area (Å²) in [7, 11) is -0.932. The van der Waals surface area contributed by atoms with Gasteiger partial charge in [0.05, 0.1) is 27.9 Å². The number of sulfone groups is 1. The summed E-state index contributed by atoms with van der Waals surface area (Å²) in [6.07, 6.45) is 1.35. The highest BCUT2D eigenvalue weighted by Crippen LogP contribution is 2.20. The molecule has 0 atom stereocenters. The van der Waals surface area contributed by atoms with Gasteiger partial charge in [0.2, 0.25) is 0 Å². The molecule has 0 unspecified atom stereocenters. The van der Waals surface area contributed by atoms with Gasteiger partial charge in [-0.3, -0.25) is 4.68 Å². The fourth-order valence-corrected chi connectivity index (χ4v) is 3.93. The molecule has 0 bridgehead atoms. The van der Waals surface area contributed by atoms with Gasteiger partial charge in [-0.25, -0.2) is 8.42 Å². The molecule has 102 valence electrons. The van der Waals surface area contributed by atoms with E-state index in [1.165, 1.54) is 0 Å². The molecule has 5 nitrogen and oxygen atoms in total. The van der Waals surface area contributed by atoms with Crippen molar-refractivity contribution in [2.45, 2.75) is 32.4 Å². The first-order valence-electron chi connectivity index (χ1n) is 6.01. The summed E-state index contributed by atoms with van der Waals surface area (Å²) in [6, 6.07) is 0.250. The Morgan fingerprint density at radius 3 is 2.56 bits per heavy atom. The van der Waals surface area contributed by atoms with E-state index in [1.54, 1.807) is 4.68 Å². The molecule has 18 heavy (non-hydrogen) atoms. The van der Waals surface area contributed by atoms with E-state index in [9.17, 15) is 8.42 Å². The zero-order valence-electron chi connectivity index (χ0n) is 10.6. The predicted molar refractivity (Wildman–Crippen MR) is 71.5 cm³/mol. The third-order valence-corrected chi connectivity index (χ3v) is 5.58. The Bertz CT molecular complexity index is 525. The number of hydrogen-bond acceptors (Lipinski definition) is 4. The fraction of sp³-hybridized carbons (Fsp3) is 0.727. The van der Waals surface area contributed by atoms with E-state index < -0.39 is 9.84 Å². The number of hydrogen-bond donors (Lipinski definition) is 1. The van der Waals surface area contributed by atoms with Crippen molar-refractivity contribution < 1.29 is 8.42 Å². The molecule has 0 radical (unpaired) electrons. The molecule has 0 amide bonds. The minimum absolute atomic E-state index is 0.250.